The minimum atomic E-state index is 0.0149. The van der Waals surface area contributed by atoms with Gasteiger partial charge in [0.1, 0.15) is 0 Å². The van der Waals surface area contributed by atoms with Crippen molar-refractivity contribution in [2.75, 3.05) is 19.6 Å². The summed E-state index contributed by atoms with van der Waals surface area (Å²) in [5.74, 6) is 0.947. The first-order valence-electron chi connectivity index (χ1n) is 11.0. The fourth-order valence-corrected chi connectivity index (χ4v) is 4.44. The first-order valence-corrected chi connectivity index (χ1v) is 11.0. The molecule has 1 aliphatic carbocycles. The summed E-state index contributed by atoms with van der Waals surface area (Å²) < 4.78 is 0. The highest BCUT2D eigenvalue weighted by Crippen LogP contribution is 2.28. The van der Waals surface area contributed by atoms with Crippen LogP contribution in [0.1, 0.15) is 80.6 Å². The van der Waals surface area contributed by atoms with Gasteiger partial charge in [-0.3, -0.25) is 4.79 Å². The molecule has 2 aliphatic rings. The molecule has 0 aromatic heterocycles. The minimum Gasteiger partial charge on any atom is -0.352 e. The molecule has 1 aliphatic heterocycles. The van der Waals surface area contributed by atoms with Crippen LogP contribution in [-0.2, 0) is 0 Å². The number of urea groups is 1. The van der Waals surface area contributed by atoms with Crippen molar-refractivity contribution in [2.24, 2.45) is 5.92 Å². The lowest BCUT2D eigenvalue weighted by Crippen LogP contribution is -2.47. The van der Waals surface area contributed by atoms with Crippen LogP contribution in [-0.4, -0.2) is 42.5 Å². The number of carbonyl (C=O) groups excluding carboxylic acids is 2. The van der Waals surface area contributed by atoms with Gasteiger partial charge < -0.3 is 15.5 Å². The molecule has 28 heavy (non-hydrogen) atoms. The van der Waals surface area contributed by atoms with Gasteiger partial charge in [-0.05, 0) is 63.1 Å². The lowest BCUT2D eigenvalue weighted by molar-refractivity contribution is 0.0943. The van der Waals surface area contributed by atoms with E-state index in [9.17, 15) is 9.59 Å². The second-order valence-electron chi connectivity index (χ2n) is 8.73. The summed E-state index contributed by atoms with van der Waals surface area (Å²) in [6.07, 6.45) is 8.43. The molecule has 1 heterocycles. The number of amides is 3. The number of carbonyl (C=O) groups is 2. The Balaban J connectivity index is 1.58. The number of hydrogen-bond acceptors (Lipinski definition) is 2. The van der Waals surface area contributed by atoms with E-state index in [0.717, 1.165) is 37.1 Å². The summed E-state index contributed by atoms with van der Waals surface area (Å²) >= 11 is 0. The van der Waals surface area contributed by atoms with Crippen molar-refractivity contribution in [3.63, 3.8) is 0 Å². The predicted octanol–water partition coefficient (Wildman–Crippen LogP) is 4.29. The Hall–Kier alpha value is -2.04. The maximum Gasteiger partial charge on any atom is 0.317 e. The van der Waals surface area contributed by atoms with Crippen molar-refractivity contribution >= 4 is 11.9 Å². The number of piperidine rings is 1. The van der Waals surface area contributed by atoms with E-state index >= 15 is 0 Å². The van der Waals surface area contributed by atoms with Crippen LogP contribution in [0.2, 0.25) is 0 Å². The number of likely N-dealkylation sites (tertiary alicyclic amines) is 1. The second kappa shape index (κ2) is 9.94. The highest BCUT2D eigenvalue weighted by Gasteiger charge is 2.25. The molecular formula is C23H35N3O2. The highest BCUT2D eigenvalue weighted by molar-refractivity contribution is 5.94. The molecule has 1 aromatic carbocycles. The summed E-state index contributed by atoms with van der Waals surface area (Å²) in [6.45, 7) is 6.27. The normalized spacial score (nSPS) is 20.8. The van der Waals surface area contributed by atoms with E-state index < -0.39 is 0 Å². The molecule has 1 unspecified atom stereocenters. The third kappa shape index (κ3) is 5.73. The molecule has 2 fully saturated rings. The molecule has 3 amide bonds. The number of rotatable bonds is 5. The van der Waals surface area contributed by atoms with Gasteiger partial charge in [-0.25, -0.2) is 4.79 Å². The Bertz CT molecular complexity index is 668. The van der Waals surface area contributed by atoms with Crippen LogP contribution >= 0.6 is 0 Å². The standard InChI is InChI=1S/C23H35N3O2/c1-17(2)25-23(28)26-13-7-12-21(16-26)19-10-6-11-20(14-19)22(27)24-15-18-8-4-3-5-9-18/h6,10-11,14,17-18,21H,3-5,7-9,12-13,15-16H2,1-2H3,(H,24,27)(H,25,28). The van der Waals surface area contributed by atoms with Crippen LogP contribution < -0.4 is 10.6 Å². The number of nitrogens with zero attached hydrogens (tertiary/aromatic N) is 1. The van der Waals surface area contributed by atoms with Gasteiger partial charge in [0.05, 0.1) is 0 Å². The zero-order chi connectivity index (χ0) is 19.9. The third-order valence-electron chi connectivity index (χ3n) is 6.02. The van der Waals surface area contributed by atoms with Gasteiger partial charge in [-0.15, -0.1) is 0 Å². The van der Waals surface area contributed by atoms with Crippen LogP contribution in [0.5, 0.6) is 0 Å². The summed E-state index contributed by atoms with van der Waals surface area (Å²) in [6, 6.07) is 8.13. The highest BCUT2D eigenvalue weighted by atomic mass is 16.2. The second-order valence-corrected chi connectivity index (χ2v) is 8.73. The van der Waals surface area contributed by atoms with Gasteiger partial charge in [-0.1, -0.05) is 31.4 Å². The van der Waals surface area contributed by atoms with Gasteiger partial charge in [0, 0.05) is 37.2 Å². The molecule has 3 rings (SSSR count). The number of nitrogens with one attached hydrogen (secondary N) is 2. The molecule has 5 heteroatoms. The molecular weight excluding hydrogens is 350 g/mol. The topological polar surface area (TPSA) is 61.4 Å². The zero-order valence-electron chi connectivity index (χ0n) is 17.4. The lowest BCUT2D eigenvalue weighted by atomic mass is 9.89. The van der Waals surface area contributed by atoms with Gasteiger partial charge in [0.15, 0.2) is 0 Å². The smallest absolute Gasteiger partial charge is 0.317 e. The summed E-state index contributed by atoms with van der Waals surface area (Å²) in [5, 5.41) is 6.12. The average molecular weight is 386 g/mol. The Labute approximate surface area is 169 Å². The molecule has 1 aromatic rings. The minimum absolute atomic E-state index is 0.0149. The molecule has 0 bridgehead atoms. The van der Waals surface area contributed by atoms with Crippen molar-refractivity contribution in [1.29, 1.82) is 0 Å². The molecule has 1 saturated carbocycles. The fraction of sp³-hybridized carbons (Fsp3) is 0.652. The van der Waals surface area contributed by atoms with Gasteiger partial charge in [-0.2, -0.15) is 0 Å². The van der Waals surface area contributed by atoms with Crippen molar-refractivity contribution in [1.82, 2.24) is 15.5 Å². The van der Waals surface area contributed by atoms with E-state index in [-0.39, 0.29) is 23.9 Å². The molecule has 0 radical (unpaired) electrons. The Kier molecular flexibility index (Phi) is 7.35. The molecule has 0 spiro atoms. The number of benzene rings is 1. The lowest BCUT2D eigenvalue weighted by Gasteiger charge is -2.33. The molecule has 154 valence electrons. The Morgan fingerprint density at radius 3 is 2.64 bits per heavy atom. The van der Waals surface area contributed by atoms with E-state index in [1.807, 2.05) is 36.9 Å². The Morgan fingerprint density at radius 1 is 1.11 bits per heavy atom. The number of hydrogen-bond donors (Lipinski definition) is 2. The summed E-state index contributed by atoms with van der Waals surface area (Å²) in [5.41, 5.74) is 1.89. The monoisotopic (exact) mass is 385 g/mol. The van der Waals surface area contributed by atoms with Gasteiger partial charge >= 0.3 is 6.03 Å². The van der Waals surface area contributed by atoms with Crippen LogP contribution in [0, 0.1) is 5.92 Å². The fourth-order valence-electron chi connectivity index (χ4n) is 4.44. The van der Waals surface area contributed by atoms with Crippen molar-refractivity contribution in [3.8, 4) is 0 Å². The average Bonchev–Trinajstić information content (AvgIpc) is 2.72. The van der Waals surface area contributed by atoms with Gasteiger partial charge in [0.2, 0.25) is 0 Å². The van der Waals surface area contributed by atoms with E-state index in [1.165, 1.54) is 32.1 Å². The molecule has 1 saturated heterocycles. The summed E-state index contributed by atoms with van der Waals surface area (Å²) in [4.78, 5) is 26.9. The van der Waals surface area contributed by atoms with Crippen LogP contribution in [0.3, 0.4) is 0 Å². The van der Waals surface area contributed by atoms with Gasteiger partial charge in [0.25, 0.3) is 5.91 Å². The predicted molar refractivity (Wildman–Crippen MR) is 113 cm³/mol. The zero-order valence-corrected chi connectivity index (χ0v) is 17.4. The van der Waals surface area contributed by atoms with Crippen LogP contribution in [0.25, 0.3) is 0 Å². The van der Waals surface area contributed by atoms with E-state index in [2.05, 4.69) is 16.7 Å². The van der Waals surface area contributed by atoms with Crippen molar-refractivity contribution < 1.29 is 9.59 Å². The molecule has 2 N–H and O–H groups in total. The summed E-state index contributed by atoms with van der Waals surface area (Å²) in [7, 11) is 0. The van der Waals surface area contributed by atoms with Crippen LogP contribution in [0.4, 0.5) is 4.79 Å². The molecule has 5 nitrogen and oxygen atoms in total. The molecule has 1 atom stereocenters. The maximum atomic E-state index is 12.6. The third-order valence-corrected chi connectivity index (χ3v) is 6.02. The van der Waals surface area contributed by atoms with Crippen molar-refractivity contribution in [2.45, 2.75) is 70.8 Å². The first-order chi connectivity index (χ1) is 13.5. The SMILES string of the molecule is CC(C)NC(=O)N1CCCC(c2cccc(C(=O)NCC3CCCCC3)c2)C1. The van der Waals surface area contributed by atoms with Crippen molar-refractivity contribution in [3.05, 3.63) is 35.4 Å². The maximum absolute atomic E-state index is 12.6. The first kappa shape index (κ1) is 20.7. The quantitative estimate of drug-likeness (QED) is 0.794. The van der Waals surface area contributed by atoms with E-state index in [0.29, 0.717) is 12.5 Å². The largest absolute Gasteiger partial charge is 0.352 e. The Morgan fingerprint density at radius 2 is 1.89 bits per heavy atom. The van der Waals surface area contributed by atoms with Crippen LogP contribution in [0.15, 0.2) is 24.3 Å². The van der Waals surface area contributed by atoms with E-state index in [1.54, 1.807) is 0 Å². The van der Waals surface area contributed by atoms with E-state index in [4.69, 9.17) is 0 Å².